The van der Waals surface area contributed by atoms with E-state index in [2.05, 4.69) is 47.2 Å². The highest BCUT2D eigenvalue weighted by Gasteiger charge is 2.54. The summed E-state index contributed by atoms with van der Waals surface area (Å²) >= 11 is 0. The number of guanidine groups is 2. The van der Waals surface area contributed by atoms with Gasteiger partial charge in [-0.05, 0) is 36.1 Å². The van der Waals surface area contributed by atoms with Gasteiger partial charge in [-0.25, -0.2) is 0 Å². The number of nitrogens with two attached hydrogens (primary N) is 2. The number of rotatable bonds is 23. The van der Waals surface area contributed by atoms with Gasteiger partial charge in [0.25, 0.3) is 0 Å². The van der Waals surface area contributed by atoms with Crippen molar-refractivity contribution in [1.29, 1.82) is 0 Å². The molecule has 0 spiro atoms. The Bertz CT molecular complexity index is 3130. The minimum atomic E-state index is -2.35. The zero-order valence-corrected chi connectivity index (χ0v) is 53.9. The molecule has 4 saturated heterocycles. The molecule has 6 amide bonds. The van der Waals surface area contributed by atoms with Gasteiger partial charge in [0.1, 0.15) is 128 Å². The zero-order valence-electron chi connectivity index (χ0n) is 53.9. The Labute approximate surface area is 566 Å². The Morgan fingerprint density at radius 2 is 1.23 bits per heavy atom. The summed E-state index contributed by atoms with van der Waals surface area (Å²) in [6.45, 7) is -1.67. The minimum Gasteiger partial charge on any atom is -0.463 e. The molecule has 38 heteroatoms. The van der Waals surface area contributed by atoms with Crippen LogP contribution < -0.4 is 53.4 Å². The third-order valence-corrected chi connectivity index (χ3v) is 18.0. The molecule has 550 valence electrons. The largest absolute Gasteiger partial charge is 0.463 e. The van der Waals surface area contributed by atoms with Crippen molar-refractivity contribution in [2.24, 2.45) is 21.5 Å². The molecule has 25 atom stereocenters. The van der Waals surface area contributed by atoms with Crippen LogP contribution in [0.25, 0.3) is 0 Å². The number of nitrogens with one attached hydrogen (secondary N) is 7. The maximum atomic E-state index is 15.2. The van der Waals surface area contributed by atoms with E-state index in [0.717, 1.165) is 17.7 Å². The fourth-order valence-electron chi connectivity index (χ4n) is 12.3. The van der Waals surface area contributed by atoms with Crippen molar-refractivity contribution in [1.82, 2.24) is 42.1 Å². The van der Waals surface area contributed by atoms with E-state index in [1.165, 1.54) is 24.3 Å². The van der Waals surface area contributed by atoms with Gasteiger partial charge in [-0.2, -0.15) is 0 Å². The SMILES string of the molecule is CCCCCC(=O)OCC1OC(OC2C(CO)OC(Oc3ccc(CC4NC(=O)C(C(CC)c5ccccc5)NC(=O)CNC(=O)C(CO)NC(=O)C(C(O)C5CN=C(N)N5C5OC(CO)C(O)C(O)C5O)NC(=O)C(C(O)C5CN=C(N)N5)NC4=O)cc3)C(O)C2O)C(O)C(O)C1O. The predicted octanol–water partition coefficient (Wildman–Crippen LogP) is -11.1. The topological polar surface area (TPSA) is 602 Å². The van der Waals surface area contributed by atoms with Crippen LogP contribution in [-0.2, 0) is 63.7 Å². The number of hydrogen-bond donors (Lipinski definition) is 22. The molecule has 4 fully saturated rings. The lowest BCUT2D eigenvalue weighted by Gasteiger charge is -2.46. The third-order valence-electron chi connectivity index (χ3n) is 18.0. The van der Waals surface area contributed by atoms with Crippen molar-refractivity contribution < 1.29 is 128 Å². The molecular weight excluding hydrogens is 1320 g/mol. The lowest BCUT2D eigenvalue weighted by atomic mass is 9.88. The summed E-state index contributed by atoms with van der Waals surface area (Å²) in [5, 5.41) is 160. The van der Waals surface area contributed by atoms with Gasteiger partial charge < -0.3 is 148 Å². The Morgan fingerprint density at radius 1 is 0.616 bits per heavy atom. The molecular formula is C61H90N12O26. The summed E-state index contributed by atoms with van der Waals surface area (Å²) in [6.07, 6.45) is -29.7. The fourth-order valence-corrected chi connectivity index (χ4v) is 12.3. The van der Waals surface area contributed by atoms with Crippen LogP contribution >= 0.6 is 0 Å². The van der Waals surface area contributed by atoms with E-state index in [-0.39, 0.29) is 36.7 Å². The van der Waals surface area contributed by atoms with Crippen molar-refractivity contribution in [2.45, 2.75) is 205 Å². The molecule has 8 rings (SSSR count). The average Bonchev–Trinajstić information content (AvgIpc) is 1.76. The molecule has 6 heterocycles. The van der Waals surface area contributed by atoms with E-state index in [1.54, 1.807) is 37.3 Å². The van der Waals surface area contributed by atoms with E-state index in [0.29, 0.717) is 12.0 Å². The normalized spacial score (nSPS) is 35.4. The highest BCUT2D eigenvalue weighted by atomic mass is 16.7. The summed E-state index contributed by atoms with van der Waals surface area (Å²) in [5.74, 6) is -9.56. The molecule has 0 saturated carbocycles. The van der Waals surface area contributed by atoms with E-state index in [1.807, 2.05) is 6.92 Å². The number of carbonyl (C=O) groups is 7. The number of esters is 1. The minimum absolute atomic E-state index is 0.0690. The zero-order chi connectivity index (χ0) is 72.1. The summed E-state index contributed by atoms with van der Waals surface area (Å²) in [4.78, 5) is 109. The molecule has 24 N–H and O–H groups in total. The Kier molecular flexibility index (Phi) is 27.4. The highest BCUT2D eigenvalue weighted by molar-refractivity contribution is 5.98. The molecule has 38 nitrogen and oxygen atoms in total. The molecule has 6 aliphatic heterocycles. The molecule has 0 aromatic heterocycles. The fraction of sp³-hybridized carbons (Fsp3) is 0.656. The van der Waals surface area contributed by atoms with Gasteiger partial charge in [-0.3, -0.25) is 43.5 Å². The number of nitrogens with zero attached hydrogens (tertiary/aromatic N) is 3. The van der Waals surface area contributed by atoms with Gasteiger partial charge in [-0.15, -0.1) is 0 Å². The van der Waals surface area contributed by atoms with E-state index in [9.17, 15) is 85.6 Å². The van der Waals surface area contributed by atoms with Crippen LogP contribution in [0, 0.1) is 0 Å². The number of aliphatic hydroxyl groups excluding tert-OH is 13. The van der Waals surface area contributed by atoms with Crippen LogP contribution in [0.2, 0.25) is 0 Å². The standard InChI is InChI=1S/C61H90N12O26/c1-3-5-7-12-37(78)94-24-35-44(82)46(84)49(87)59(98-35)99-51-34(23-76)97-58(50(88)47(51)85)95-27-15-13-25(14-16-27)17-29-53(90)71-39(41(79)30-18-65-60(62)69-30)56(93)72-40(42(80)32-19-66-61(63)73(32)57-48(86)45(83)43(81)33(22-75)96-57)55(92)68-31(21-74)52(89)64-20-36(77)70-38(54(91)67-29)28(4-2)26-10-8-6-9-11-26/h6,8-11,13-16,28-35,38-51,57-59,74-76,79-88H,3-5,7,12,17-24H2,1-2H3,(H2,63,66)(H,64,89)(H,67,91)(H,68,92)(H,70,77)(H,71,90)(H,72,93)(H3,62,65,69). The highest BCUT2D eigenvalue weighted by Crippen LogP contribution is 2.33. The Balaban J connectivity index is 1.08. The summed E-state index contributed by atoms with van der Waals surface area (Å²) < 4.78 is 34.1. The first-order valence-corrected chi connectivity index (χ1v) is 32.4. The van der Waals surface area contributed by atoms with E-state index in [4.69, 9.17) is 39.9 Å². The molecule has 25 unspecified atom stereocenters. The third kappa shape index (κ3) is 18.5. The maximum absolute atomic E-state index is 15.2. The summed E-state index contributed by atoms with van der Waals surface area (Å²) in [5.41, 5.74) is 12.9. The van der Waals surface area contributed by atoms with Crippen LogP contribution in [-0.4, -0.2) is 317 Å². The van der Waals surface area contributed by atoms with E-state index >= 15 is 14.4 Å². The molecule has 0 radical (unpaired) electrons. The second-order valence-electron chi connectivity index (χ2n) is 24.7. The van der Waals surface area contributed by atoms with Crippen molar-refractivity contribution in [3.63, 3.8) is 0 Å². The monoisotopic (exact) mass is 1410 g/mol. The number of amides is 6. The molecule has 0 bridgehead atoms. The van der Waals surface area contributed by atoms with Crippen molar-refractivity contribution in [3.05, 3.63) is 65.7 Å². The molecule has 2 aromatic carbocycles. The first-order chi connectivity index (χ1) is 47.2. The predicted molar refractivity (Wildman–Crippen MR) is 336 cm³/mol. The number of unbranched alkanes of at least 4 members (excludes halogenated alkanes) is 2. The van der Waals surface area contributed by atoms with Crippen molar-refractivity contribution in [3.8, 4) is 5.75 Å². The average molecular weight is 1410 g/mol. The lowest BCUT2D eigenvalue weighted by Crippen LogP contribution is -2.70. The number of ether oxygens (including phenoxy) is 6. The van der Waals surface area contributed by atoms with Crippen molar-refractivity contribution in [2.75, 3.05) is 46.1 Å². The van der Waals surface area contributed by atoms with Crippen molar-refractivity contribution >= 4 is 53.3 Å². The van der Waals surface area contributed by atoms with Gasteiger partial charge in [0.2, 0.25) is 41.7 Å². The molecule has 2 aromatic rings. The van der Waals surface area contributed by atoms with Gasteiger partial charge in [0.15, 0.2) is 24.4 Å². The van der Waals surface area contributed by atoms with Crippen LogP contribution in [0.4, 0.5) is 0 Å². The number of carbonyl (C=O) groups excluding carboxylic acids is 7. The number of aliphatic hydroxyl groups is 13. The molecule has 99 heavy (non-hydrogen) atoms. The lowest BCUT2D eigenvalue weighted by molar-refractivity contribution is -0.352. The van der Waals surface area contributed by atoms with E-state index < -0.39 is 246 Å². The van der Waals surface area contributed by atoms with Crippen LogP contribution in [0.15, 0.2) is 64.6 Å². The number of benzene rings is 2. The first kappa shape index (κ1) is 77.1. The summed E-state index contributed by atoms with van der Waals surface area (Å²) in [6, 6.07) is 0.910. The molecule has 0 aliphatic carbocycles. The van der Waals surface area contributed by atoms with Gasteiger partial charge in [-0.1, -0.05) is 69.2 Å². The Hall–Kier alpha value is -7.61. The number of aliphatic imine (C=N–C) groups is 2. The quantitative estimate of drug-likeness (QED) is 0.0363. The number of hydrogen-bond acceptors (Lipinski definition) is 32. The maximum Gasteiger partial charge on any atom is 0.305 e. The smallest absolute Gasteiger partial charge is 0.305 e. The summed E-state index contributed by atoms with van der Waals surface area (Å²) in [7, 11) is 0. The van der Waals surface area contributed by atoms with Gasteiger partial charge in [0.05, 0.1) is 51.5 Å². The van der Waals surface area contributed by atoms with Crippen LogP contribution in [0.1, 0.15) is 63.0 Å². The van der Waals surface area contributed by atoms with Crippen LogP contribution in [0.5, 0.6) is 5.75 Å². The van der Waals surface area contributed by atoms with Crippen LogP contribution in [0.3, 0.4) is 0 Å². The van der Waals surface area contributed by atoms with Gasteiger partial charge >= 0.3 is 5.97 Å². The van der Waals surface area contributed by atoms with Gasteiger partial charge in [0, 0.05) is 18.8 Å². The molecule has 6 aliphatic rings. The Morgan fingerprint density at radius 3 is 1.88 bits per heavy atom. The second-order valence-corrected chi connectivity index (χ2v) is 24.7. The second kappa shape index (κ2) is 35.1. The first-order valence-electron chi connectivity index (χ1n) is 32.4.